The summed E-state index contributed by atoms with van der Waals surface area (Å²) in [6.07, 6.45) is 3.61. The molecule has 0 aromatic heterocycles. The quantitative estimate of drug-likeness (QED) is 0.841. The van der Waals surface area contributed by atoms with Crippen LogP contribution in [-0.2, 0) is 10.4 Å². The third kappa shape index (κ3) is 4.56. The Balaban J connectivity index is 2.31. The third-order valence-electron chi connectivity index (χ3n) is 4.16. The van der Waals surface area contributed by atoms with E-state index in [0.717, 1.165) is 11.1 Å². The van der Waals surface area contributed by atoms with Gasteiger partial charge in [0.1, 0.15) is 5.60 Å². The Morgan fingerprint density at radius 1 is 1.00 bits per heavy atom. The lowest BCUT2D eigenvalue weighted by Crippen LogP contribution is -2.37. The highest BCUT2D eigenvalue weighted by atomic mass is 16.3. The zero-order valence-corrected chi connectivity index (χ0v) is 14.4. The highest BCUT2D eigenvalue weighted by molar-refractivity contribution is 5.78. The summed E-state index contributed by atoms with van der Waals surface area (Å²) in [5.41, 5.74) is 0.386. The molecule has 0 aliphatic carbocycles. The Morgan fingerprint density at radius 2 is 1.54 bits per heavy atom. The maximum absolute atomic E-state index is 12.5. The number of rotatable bonds is 7. The van der Waals surface area contributed by atoms with Crippen LogP contribution in [0.5, 0.6) is 0 Å². The minimum Gasteiger partial charge on any atom is -0.380 e. The van der Waals surface area contributed by atoms with E-state index < -0.39 is 5.60 Å². The number of nitrogens with zero attached hydrogens (tertiary/aromatic N) is 1. The predicted molar refractivity (Wildman–Crippen MR) is 98.4 cm³/mol. The lowest BCUT2D eigenvalue weighted by molar-refractivity contribution is -0.134. The van der Waals surface area contributed by atoms with Crippen molar-refractivity contribution in [3.05, 3.63) is 77.9 Å². The van der Waals surface area contributed by atoms with E-state index in [1.54, 1.807) is 11.0 Å². The van der Waals surface area contributed by atoms with Gasteiger partial charge < -0.3 is 10.0 Å². The van der Waals surface area contributed by atoms with Crippen molar-refractivity contribution in [1.82, 2.24) is 4.90 Å². The van der Waals surface area contributed by atoms with Gasteiger partial charge in [0.05, 0.1) is 6.42 Å². The molecule has 2 rings (SSSR count). The predicted octanol–water partition coefficient (Wildman–Crippen LogP) is 3.85. The van der Waals surface area contributed by atoms with Gasteiger partial charge in [-0.05, 0) is 31.1 Å². The van der Waals surface area contributed by atoms with Gasteiger partial charge in [-0.2, -0.15) is 0 Å². The topological polar surface area (TPSA) is 40.5 Å². The normalized spacial score (nSPS) is 13.6. The standard InChI is InChI=1S/C21H25NO2/c1-3-22(4-2)20(23)17-21(24,19-13-9-6-10-14-19)16-15-18-11-7-5-8-12-18/h5-16,24H,3-4,17H2,1-2H3/b16-15+/t21-/m1/s1. The fraction of sp³-hybridized carbons (Fsp3) is 0.286. The van der Waals surface area contributed by atoms with Crippen molar-refractivity contribution in [3.63, 3.8) is 0 Å². The number of amides is 1. The molecule has 2 aromatic carbocycles. The van der Waals surface area contributed by atoms with Crippen molar-refractivity contribution in [2.24, 2.45) is 0 Å². The van der Waals surface area contributed by atoms with Gasteiger partial charge in [-0.15, -0.1) is 0 Å². The Kier molecular flexibility index (Phi) is 6.33. The molecule has 2 aromatic rings. The smallest absolute Gasteiger partial charge is 0.226 e. The monoisotopic (exact) mass is 323 g/mol. The summed E-state index contributed by atoms with van der Waals surface area (Å²) < 4.78 is 0. The van der Waals surface area contributed by atoms with E-state index in [4.69, 9.17) is 0 Å². The number of hydrogen-bond acceptors (Lipinski definition) is 2. The Hall–Kier alpha value is -2.39. The van der Waals surface area contributed by atoms with Gasteiger partial charge in [0, 0.05) is 13.1 Å². The molecule has 0 unspecified atom stereocenters. The van der Waals surface area contributed by atoms with Gasteiger partial charge in [-0.25, -0.2) is 0 Å². The first-order valence-corrected chi connectivity index (χ1v) is 8.39. The molecular formula is C21H25NO2. The van der Waals surface area contributed by atoms with E-state index in [0.29, 0.717) is 13.1 Å². The average molecular weight is 323 g/mol. The highest BCUT2D eigenvalue weighted by Crippen LogP contribution is 2.28. The molecule has 126 valence electrons. The number of carbonyl (C=O) groups excluding carboxylic acids is 1. The molecule has 0 aliphatic heterocycles. The lowest BCUT2D eigenvalue weighted by Gasteiger charge is -2.28. The summed E-state index contributed by atoms with van der Waals surface area (Å²) in [5.74, 6) is -0.0518. The van der Waals surface area contributed by atoms with Crippen molar-refractivity contribution in [3.8, 4) is 0 Å². The fourth-order valence-electron chi connectivity index (χ4n) is 2.70. The molecule has 0 fully saturated rings. The van der Waals surface area contributed by atoms with E-state index in [1.807, 2.05) is 80.6 Å². The van der Waals surface area contributed by atoms with Crippen molar-refractivity contribution < 1.29 is 9.90 Å². The second-order valence-electron chi connectivity index (χ2n) is 5.78. The van der Waals surface area contributed by atoms with Crippen LogP contribution in [0.3, 0.4) is 0 Å². The summed E-state index contributed by atoms with van der Waals surface area (Å²) in [7, 11) is 0. The van der Waals surface area contributed by atoms with E-state index in [9.17, 15) is 9.90 Å². The minimum atomic E-state index is -1.32. The van der Waals surface area contributed by atoms with Crippen LogP contribution in [0.4, 0.5) is 0 Å². The van der Waals surface area contributed by atoms with Crippen LogP contribution in [0.1, 0.15) is 31.4 Å². The SMILES string of the molecule is CCN(CC)C(=O)C[C@](O)(/C=C/c1ccccc1)c1ccccc1. The molecule has 1 N–H and O–H groups in total. The molecule has 24 heavy (non-hydrogen) atoms. The minimum absolute atomic E-state index is 0.0298. The maximum Gasteiger partial charge on any atom is 0.226 e. The van der Waals surface area contributed by atoms with Crippen LogP contribution in [0.2, 0.25) is 0 Å². The second kappa shape index (κ2) is 8.46. The van der Waals surface area contributed by atoms with Crippen LogP contribution >= 0.6 is 0 Å². The van der Waals surface area contributed by atoms with Crippen molar-refractivity contribution in [1.29, 1.82) is 0 Å². The Labute approximate surface area is 144 Å². The highest BCUT2D eigenvalue weighted by Gasteiger charge is 2.30. The van der Waals surface area contributed by atoms with Crippen LogP contribution in [0.25, 0.3) is 6.08 Å². The van der Waals surface area contributed by atoms with Crippen molar-refractivity contribution in [2.75, 3.05) is 13.1 Å². The summed E-state index contributed by atoms with van der Waals surface area (Å²) in [4.78, 5) is 14.3. The van der Waals surface area contributed by atoms with Gasteiger partial charge in [0.25, 0.3) is 0 Å². The number of aliphatic hydroxyl groups is 1. The first-order valence-electron chi connectivity index (χ1n) is 8.39. The van der Waals surface area contributed by atoms with Gasteiger partial charge in [0.2, 0.25) is 5.91 Å². The first kappa shape index (κ1) is 18.0. The molecule has 0 aliphatic rings. The zero-order chi connectivity index (χ0) is 17.4. The summed E-state index contributed by atoms with van der Waals surface area (Å²) in [6.45, 7) is 5.18. The summed E-state index contributed by atoms with van der Waals surface area (Å²) >= 11 is 0. The molecule has 3 nitrogen and oxygen atoms in total. The van der Waals surface area contributed by atoms with E-state index in [-0.39, 0.29) is 12.3 Å². The summed E-state index contributed by atoms with van der Waals surface area (Å²) in [5, 5.41) is 11.2. The van der Waals surface area contributed by atoms with E-state index >= 15 is 0 Å². The third-order valence-corrected chi connectivity index (χ3v) is 4.16. The molecule has 3 heteroatoms. The van der Waals surface area contributed by atoms with E-state index in [2.05, 4.69) is 0 Å². The van der Waals surface area contributed by atoms with Crippen molar-refractivity contribution >= 4 is 12.0 Å². The fourth-order valence-corrected chi connectivity index (χ4v) is 2.70. The van der Waals surface area contributed by atoms with Crippen LogP contribution in [0, 0.1) is 0 Å². The van der Waals surface area contributed by atoms with Gasteiger partial charge in [-0.1, -0.05) is 66.7 Å². The summed E-state index contributed by atoms with van der Waals surface area (Å²) in [6, 6.07) is 19.1. The molecule has 1 amide bonds. The number of hydrogen-bond donors (Lipinski definition) is 1. The van der Waals surface area contributed by atoms with Crippen LogP contribution in [0.15, 0.2) is 66.7 Å². The van der Waals surface area contributed by atoms with E-state index in [1.165, 1.54) is 0 Å². The molecule has 0 bridgehead atoms. The molecule has 0 spiro atoms. The van der Waals surface area contributed by atoms with Crippen molar-refractivity contribution in [2.45, 2.75) is 25.9 Å². The molecule has 0 saturated heterocycles. The molecule has 0 heterocycles. The lowest BCUT2D eigenvalue weighted by atomic mass is 9.88. The van der Waals surface area contributed by atoms with Crippen LogP contribution in [-0.4, -0.2) is 29.0 Å². The van der Waals surface area contributed by atoms with Gasteiger partial charge >= 0.3 is 0 Å². The Morgan fingerprint density at radius 3 is 2.08 bits per heavy atom. The van der Waals surface area contributed by atoms with Gasteiger partial charge in [0.15, 0.2) is 0 Å². The maximum atomic E-state index is 12.5. The molecular weight excluding hydrogens is 298 g/mol. The largest absolute Gasteiger partial charge is 0.380 e. The zero-order valence-electron chi connectivity index (χ0n) is 14.4. The first-order chi connectivity index (χ1) is 11.6. The molecule has 0 saturated carbocycles. The molecule has 0 radical (unpaired) electrons. The van der Waals surface area contributed by atoms with Crippen LogP contribution < -0.4 is 0 Å². The second-order valence-corrected chi connectivity index (χ2v) is 5.78. The average Bonchev–Trinajstić information content (AvgIpc) is 2.63. The number of benzene rings is 2. The molecule has 1 atom stereocenters. The number of carbonyl (C=O) groups is 1. The Bertz CT molecular complexity index is 663. The van der Waals surface area contributed by atoms with Gasteiger partial charge in [-0.3, -0.25) is 4.79 Å².